The van der Waals surface area contributed by atoms with Gasteiger partial charge in [0, 0.05) is 6.08 Å². The summed E-state index contributed by atoms with van der Waals surface area (Å²) < 4.78 is 0. The van der Waals surface area contributed by atoms with E-state index in [0.717, 1.165) is 12.3 Å². The summed E-state index contributed by atoms with van der Waals surface area (Å²) >= 11 is 0. The first kappa shape index (κ1) is 7.59. The van der Waals surface area contributed by atoms with Crippen LogP contribution in [0.1, 0.15) is 12.8 Å². The van der Waals surface area contributed by atoms with E-state index in [4.69, 9.17) is 5.11 Å². The second-order valence-electron chi connectivity index (χ2n) is 3.64. The van der Waals surface area contributed by atoms with Gasteiger partial charge in [0.2, 0.25) is 0 Å². The summed E-state index contributed by atoms with van der Waals surface area (Å²) in [6, 6.07) is 0. The largest absolute Gasteiger partial charge is 0.478 e. The number of hydrogen-bond donors (Lipinski definition) is 1. The van der Waals surface area contributed by atoms with Crippen LogP contribution in [0, 0.1) is 17.8 Å². The Morgan fingerprint density at radius 3 is 2.75 bits per heavy atom. The summed E-state index contributed by atoms with van der Waals surface area (Å²) in [6.45, 7) is 0. The Bertz CT molecular complexity index is 253. The van der Waals surface area contributed by atoms with Crippen molar-refractivity contribution in [2.75, 3.05) is 0 Å². The second kappa shape index (κ2) is 2.77. The first-order valence-corrected chi connectivity index (χ1v) is 4.35. The quantitative estimate of drug-likeness (QED) is 0.499. The van der Waals surface area contributed by atoms with Crippen molar-refractivity contribution in [1.82, 2.24) is 0 Å². The van der Waals surface area contributed by atoms with Gasteiger partial charge in [0.15, 0.2) is 0 Å². The molecule has 12 heavy (non-hydrogen) atoms. The van der Waals surface area contributed by atoms with E-state index in [9.17, 15) is 4.79 Å². The lowest BCUT2D eigenvalue weighted by Crippen LogP contribution is -2.03. The van der Waals surface area contributed by atoms with Gasteiger partial charge in [-0.05, 0) is 30.6 Å². The van der Waals surface area contributed by atoms with Crippen molar-refractivity contribution in [1.29, 1.82) is 0 Å². The van der Waals surface area contributed by atoms with E-state index in [1.165, 1.54) is 12.5 Å². The standard InChI is InChI=1S/C10H12O2/c11-10(12)4-3-9-6-7-1-2-8(9)5-7/h1-4,7-9H,5-6H2,(H,11,12)/b4-3-. The fourth-order valence-corrected chi connectivity index (χ4v) is 2.25. The van der Waals surface area contributed by atoms with E-state index < -0.39 is 5.97 Å². The topological polar surface area (TPSA) is 37.3 Å². The molecule has 2 rings (SSSR count). The Hall–Kier alpha value is -1.05. The number of allylic oxidation sites excluding steroid dienone is 3. The lowest BCUT2D eigenvalue weighted by atomic mass is 9.93. The van der Waals surface area contributed by atoms with Crippen molar-refractivity contribution in [2.45, 2.75) is 12.8 Å². The Labute approximate surface area is 71.6 Å². The van der Waals surface area contributed by atoms with Crippen LogP contribution in [-0.4, -0.2) is 11.1 Å². The lowest BCUT2D eigenvalue weighted by molar-refractivity contribution is -0.131. The van der Waals surface area contributed by atoms with E-state index in [-0.39, 0.29) is 0 Å². The average molecular weight is 164 g/mol. The van der Waals surface area contributed by atoms with Gasteiger partial charge in [0.05, 0.1) is 0 Å². The van der Waals surface area contributed by atoms with Crippen LogP contribution in [0.15, 0.2) is 24.3 Å². The molecule has 0 saturated heterocycles. The minimum Gasteiger partial charge on any atom is -0.478 e. The average Bonchev–Trinajstić information content (AvgIpc) is 2.60. The molecule has 0 heterocycles. The molecule has 2 nitrogen and oxygen atoms in total. The summed E-state index contributed by atoms with van der Waals surface area (Å²) in [6.07, 6.45) is 9.98. The van der Waals surface area contributed by atoms with Crippen molar-refractivity contribution in [3.8, 4) is 0 Å². The number of hydrogen-bond acceptors (Lipinski definition) is 1. The Kier molecular flexibility index (Phi) is 1.75. The van der Waals surface area contributed by atoms with E-state index in [1.807, 2.05) is 6.08 Å². The van der Waals surface area contributed by atoms with Gasteiger partial charge in [-0.1, -0.05) is 18.2 Å². The molecular formula is C10H12O2. The molecule has 0 aromatic rings. The fraction of sp³-hybridized carbons (Fsp3) is 0.500. The smallest absolute Gasteiger partial charge is 0.327 e. The third kappa shape index (κ3) is 1.29. The van der Waals surface area contributed by atoms with Crippen molar-refractivity contribution in [3.05, 3.63) is 24.3 Å². The van der Waals surface area contributed by atoms with Crippen LogP contribution in [0.2, 0.25) is 0 Å². The summed E-state index contributed by atoms with van der Waals surface area (Å²) in [5.74, 6) is 0.988. The number of rotatable bonds is 2. The first-order chi connectivity index (χ1) is 5.75. The maximum Gasteiger partial charge on any atom is 0.327 e. The summed E-state index contributed by atoms with van der Waals surface area (Å²) in [4.78, 5) is 10.3. The van der Waals surface area contributed by atoms with Crippen molar-refractivity contribution >= 4 is 5.97 Å². The predicted molar refractivity (Wildman–Crippen MR) is 45.6 cm³/mol. The van der Waals surface area contributed by atoms with Crippen LogP contribution >= 0.6 is 0 Å². The molecule has 3 atom stereocenters. The molecular weight excluding hydrogens is 152 g/mol. The van der Waals surface area contributed by atoms with Crippen LogP contribution in [0.3, 0.4) is 0 Å². The molecule has 3 unspecified atom stereocenters. The zero-order valence-corrected chi connectivity index (χ0v) is 6.81. The Balaban J connectivity index is 1.99. The van der Waals surface area contributed by atoms with Gasteiger partial charge < -0.3 is 5.11 Å². The van der Waals surface area contributed by atoms with Crippen molar-refractivity contribution in [3.63, 3.8) is 0 Å². The Morgan fingerprint density at radius 2 is 2.25 bits per heavy atom. The molecule has 1 N–H and O–H groups in total. The second-order valence-corrected chi connectivity index (χ2v) is 3.64. The van der Waals surface area contributed by atoms with Crippen LogP contribution < -0.4 is 0 Å². The van der Waals surface area contributed by atoms with Crippen LogP contribution in [-0.2, 0) is 4.79 Å². The molecule has 64 valence electrons. The summed E-state index contributed by atoms with van der Waals surface area (Å²) in [5.41, 5.74) is 0. The van der Waals surface area contributed by atoms with Gasteiger partial charge in [-0.2, -0.15) is 0 Å². The normalized spacial score (nSPS) is 38.2. The molecule has 0 aliphatic heterocycles. The van der Waals surface area contributed by atoms with E-state index in [2.05, 4.69) is 12.2 Å². The molecule has 0 radical (unpaired) electrons. The van der Waals surface area contributed by atoms with Gasteiger partial charge in [-0.15, -0.1) is 0 Å². The van der Waals surface area contributed by atoms with Gasteiger partial charge in [0.1, 0.15) is 0 Å². The minimum absolute atomic E-state index is 0.482. The monoisotopic (exact) mass is 164 g/mol. The zero-order chi connectivity index (χ0) is 8.55. The van der Waals surface area contributed by atoms with Gasteiger partial charge in [0.25, 0.3) is 0 Å². The number of carboxylic acid groups (broad SMARTS) is 1. The van der Waals surface area contributed by atoms with E-state index >= 15 is 0 Å². The highest BCUT2D eigenvalue weighted by molar-refractivity contribution is 5.79. The van der Waals surface area contributed by atoms with Crippen LogP contribution in [0.5, 0.6) is 0 Å². The van der Waals surface area contributed by atoms with Crippen LogP contribution in [0.25, 0.3) is 0 Å². The molecule has 2 heteroatoms. The zero-order valence-electron chi connectivity index (χ0n) is 6.81. The van der Waals surface area contributed by atoms with Gasteiger partial charge in [-0.25, -0.2) is 4.79 Å². The number of fused-ring (bicyclic) bond motifs is 2. The van der Waals surface area contributed by atoms with Crippen molar-refractivity contribution < 1.29 is 9.90 Å². The maximum absolute atomic E-state index is 10.3. The molecule has 0 amide bonds. The highest BCUT2D eigenvalue weighted by atomic mass is 16.4. The molecule has 2 bridgehead atoms. The maximum atomic E-state index is 10.3. The number of carbonyl (C=O) groups is 1. The highest BCUT2D eigenvalue weighted by Gasteiger charge is 2.33. The number of carboxylic acids is 1. The van der Waals surface area contributed by atoms with Crippen molar-refractivity contribution in [2.24, 2.45) is 17.8 Å². The lowest BCUT2D eigenvalue weighted by Gasteiger charge is -2.12. The molecule has 0 spiro atoms. The third-order valence-corrected chi connectivity index (χ3v) is 2.82. The summed E-state index contributed by atoms with van der Waals surface area (Å²) in [7, 11) is 0. The van der Waals surface area contributed by atoms with Crippen LogP contribution in [0.4, 0.5) is 0 Å². The molecule has 2 aliphatic carbocycles. The molecule has 2 aliphatic rings. The number of aliphatic carboxylic acids is 1. The SMILES string of the molecule is O=C(O)/C=C\C1CC2C=CC1C2. The third-order valence-electron chi connectivity index (χ3n) is 2.82. The molecule has 0 aromatic carbocycles. The summed E-state index contributed by atoms with van der Waals surface area (Å²) in [5, 5.41) is 8.44. The minimum atomic E-state index is -0.832. The van der Waals surface area contributed by atoms with Gasteiger partial charge >= 0.3 is 5.97 Å². The fourth-order valence-electron chi connectivity index (χ4n) is 2.25. The predicted octanol–water partition coefficient (Wildman–Crippen LogP) is 1.84. The molecule has 1 fully saturated rings. The molecule has 1 saturated carbocycles. The Morgan fingerprint density at radius 1 is 1.42 bits per heavy atom. The van der Waals surface area contributed by atoms with Gasteiger partial charge in [-0.3, -0.25) is 0 Å². The molecule has 0 aromatic heterocycles. The van der Waals surface area contributed by atoms with E-state index in [1.54, 1.807) is 0 Å². The highest BCUT2D eigenvalue weighted by Crippen LogP contribution is 2.43. The first-order valence-electron chi connectivity index (χ1n) is 4.35. The van der Waals surface area contributed by atoms with E-state index in [0.29, 0.717) is 11.8 Å².